The van der Waals surface area contributed by atoms with Crippen molar-refractivity contribution in [1.29, 1.82) is 0 Å². The summed E-state index contributed by atoms with van der Waals surface area (Å²) in [5.41, 5.74) is 0.494. The summed E-state index contributed by atoms with van der Waals surface area (Å²) in [4.78, 5) is 25.7. The zero-order valence-corrected chi connectivity index (χ0v) is 12.1. The molecular weight excluding hydrogens is 322 g/mol. The molecule has 9 nitrogen and oxygen atoms in total. The van der Waals surface area contributed by atoms with Gasteiger partial charge in [0.15, 0.2) is 5.13 Å². The van der Waals surface area contributed by atoms with E-state index in [9.17, 15) is 18.0 Å². The average molecular weight is 331 g/mol. The Kier molecular flexibility index (Phi) is 3.95. The van der Waals surface area contributed by atoms with Gasteiger partial charge in [0.05, 0.1) is 22.9 Å². The van der Waals surface area contributed by atoms with Crippen molar-refractivity contribution in [2.24, 2.45) is 0 Å². The van der Waals surface area contributed by atoms with Crippen LogP contribution in [0.4, 0.5) is 9.93 Å². The highest BCUT2D eigenvalue weighted by molar-refractivity contribution is 7.91. The van der Waals surface area contributed by atoms with Crippen LogP contribution in [0.2, 0.25) is 0 Å². The van der Waals surface area contributed by atoms with Crippen molar-refractivity contribution in [3.8, 4) is 0 Å². The summed E-state index contributed by atoms with van der Waals surface area (Å²) in [5, 5.41) is 8.86. The number of hydrogen-bond acceptors (Lipinski definition) is 7. The normalized spacial score (nSPS) is 11.1. The van der Waals surface area contributed by atoms with Crippen LogP contribution in [0.1, 0.15) is 10.4 Å². The van der Waals surface area contributed by atoms with Crippen LogP contribution in [0.3, 0.4) is 0 Å². The third-order valence-corrected chi connectivity index (χ3v) is 4.22. The number of carbonyl (C=O) groups is 2. The number of fused-ring (bicyclic) bond motifs is 1. The molecule has 0 unspecified atom stereocenters. The Morgan fingerprint density at radius 2 is 2.10 bits per heavy atom. The standard InChI is InChI=1S/C10H9N3O6S2/c1-19-10(16)13-21(17,18)12-9-11-6-3-2-5(8(14)15)4-7(6)20-9/h2-4H,1H3,(H,11,12)(H,13,16)(H,14,15). The van der Waals surface area contributed by atoms with Crippen LogP contribution in [0.5, 0.6) is 0 Å². The Bertz CT molecular complexity index is 813. The summed E-state index contributed by atoms with van der Waals surface area (Å²) in [5.74, 6) is -1.10. The molecule has 3 N–H and O–H groups in total. The van der Waals surface area contributed by atoms with E-state index in [0.29, 0.717) is 10.2 Å². The Morgan fingerprint density at radius 3 is 2.71 bits per heavy atom. The monoisotopic (exact) mass is 331 g/mol. The second-order valence-corrected chi connectivity index (χ2v) is 6.15. The number of aromatic carboxylic acids is 1. The molecule has 0 aliphatic carbocycles. The summed E-state index contributed by atoms with van der Waals surface area (Å²) in [6.45, 7) is 0. The van der Waals surface area contributed by atoms with Crippen LogP contribution in [-0.4, -0.2) is 37.7 Å². The predicted molar refractivity (Wildman–Crippen MR) is 74.7 cm³/mol. The molecule has 0 atom stereocenters. The Labute approximate surface area is 122 Å². The number of anilines is 1. The average Bonchev–Trinajstić information content (AvgIpc) is 2.77. The zero-order chi connectivity index (χ0) is 15.6. The molecule has 0 saturated carbocycles. The third-order valence-electron chi connectivity index (χ3n) is 2.26. The summed E-state index contributed by atoms with van der Waals surface area (Å²) in [6, 6.07) is 4.19. The molecule has 2 rings (SSSR count). The maximum Gasteiger partial charge on any atom is 0.422 e. The molecule has 112 valence electrons. The first kappa shape index (κ1) is 15.0. The van der Waals surface area contributed by atoms with E-state index in [1.807, 2.05) is 4.72 Å². The van der Waals surface area contributed by atoms with E-state index in [-0.39, 0.29) is 10.7 Å². The topological polar surface area (TPSA) is 135 Å². The second-order valence-electron chi connectivity index (χ2n) is 3.71. The van der Waals surface area contributed by atoms with Crippen molar-refractivity contribution in [1.82, 2.24) is 9.71 Å². The molecule has 1 aromatic heterocycles. The van der Waals surface area contributed by atoms with Gasteiger partial charge < -0.3 is 9.84 Å². The number of rotatable bonds is 4. The SMILES string of the molecule is COC(=O)NS(=O)(=O)Nc1nc2ccc(C(=O)O)cc2s1. The number of carboxylic acids is 1. The number of ether oxygens (including phenoxy) is 1. The van der Waals surface area contributed by atoms with Crippen molar-refractivity contribution < 1.29 is 27.9 Å². The van der Waals surface area contributed by atoms with E-state index in [2.05, 4.69) is 9.72 Å². The van der Waals surface area contributed by atoms with Gasteiger partial charge in [-0.05, 0) is 18.2 Å². The van der Waals surface area contributed by atoms with Crippen LogP contribution in [0.25, 0.3) is 10.2 Å². The van der Waals surface area contributed by atoms with E-state index in [1.54, 1.807) is 4.72 Å². The maximum atomic E-state index is 11.6. The highest BCUT2D eigenvalue weighted by Gasteiger charge is 2.17. The molecule has 0 radical (unpaired) electrons. The van der Waals surface area contributed by atoms with E-state index >= 15 is 0 Å². The lowest BCUT2D eigenvalue weighted by Crippen LogP contribution is -2.35. The smallest absolute Gasteiger partial charge is 0.422 e. The van der Waals surface area contributed by atoms with Gasteiger partial charge in [-0.15, -0.1) is 0 Å². The molecule has 2 aromatic rings. The number of methoxy groups -OCH3 is 1. The lowest BCUT2D eigenvalue weighted by molar-refractivity contribution is 0.0697. The fourth-order valence-corrected chi connectivity index (χ4v) is 3.27. The molecule has 0 fully saturated rings. The molecule has 1 heterocycles. The maximum absolute atomic E-state index is 11.6. The molecular formula is C10H9N3O6S2. The Hall–Kier alpha value is -2.40. The van der Waals surface area contributed by atoms with Crippen LogP contribution in [0.15, 0.2) is 18.2 Å². The molecule has 21 heavy (non-hydrogen) atoms. The number of thiazole rings is 1. The molecule has 0 saturated heterocycles. The molecule has 0 bridgehead atoms. The zero-order valence-electron chi connectivity index (χ0n) is 10.5. The Balaban J connectivity index is 2.27. The molecule has 1 aromatic carbocycles. The van der Waals surface area contributed by atoms with Crippen LogP contribution in [-0.2, 0) is 14.9 Å². The van der Waals surface area contributed by atoms with Gasteiger partial charge in [0.2, 0.25) is 0 Å². The van der Waals surface area contributed by atoms with Gasteiger partial charge in [-0.3, -0.25) is 0 Å². The number of amides is 1. The summed E-state index contributed by atoms with van der Waals surface area (Å²) in [7, 11) is -3.14. The van der Waals surface area contributed by atoms with Gasteiger partial charge in [0.25, 0.3) is 0 Å². The third kappa shape index (κ3) is 3.58. The fourth-order valence-electron chi connectivity index (χ4n) is 1.39. The first-order valence-corrected chi connectivity index (χ1v) is 7.63. The van der Waals surface area contributed by atoms with Gasteiger partial charge in [0.1, 0.15) is 0 Å². The second kappa shape index (κ2) is 5.54. The number of aromatic nitrogens is 1. The number of carbonyl (C=O) groups excluding carboxylic acids is 1. The van der Waals surface area contributed by atoms with Crippen molar-refractivity contribution in [2.45, 2.75) is 0 Å². The molecule has 11 heteroatoms. The van der Waals surface area contributed by atoms with E-state index in [4.69, 9.17) is 5.11 Å². The molecule has 0 aliphatic heterocycles. The minimum Gasteiger partial charge on any atom is -0.478 e. The minimum atomic E-state index is -4.16. The van der Waals surface area contributed by atoms with Crippen LogP contribution >= 0.6 is 11.3 Å². The summed E-state index contributed by atoms with van der Waals surface area (Å²) in [6.07, 6.45) is -1.14. The number of nitrogens with zero attached hydrogens (tertiary/aromatic N) is 1. The van der Waals surface area contributed by atoms with Crippen molar-refractivity contribution in [3.63, 3.8) is 0 Å². The minimum absolute atomic E-state index is 0.0102. The summed E-state index contributed by atoms with van der Waals surface area (Å²) < 4.78 is 31.4. The van der Waals surface area contributed by atoms with E-state index < -0.39 is 22.3 Å². The van der Waals surface area contributed by atoms with Gasteiger partial charge in [-0.1, -0.05) is 11.3 Å². The van der Waals surface area contributed by atoms with Crippen molar-refractivity contribution >= 4 is 49.0 Å². The number of carboxylic acid groups (broad SMARTS) is 1. The highest BCUT2D eigenvalue weighted by atomic mass is 32.2. The molecule has 0 spiro atoms. The van der Waals surface area contributed by atoms with Gasteiger partial charge in [-0.25, -0.2) is 24.0 Å². The highest BCUT2D eigenvalue weighted by Crippen LogP contribution is 2.27. The van der Waals surface area contributed by atoms with Gasteiger partial charge >= 0.3 is 22.3 Å². The number of benzene rings is 1. The largest absolute Gasteiger partial charge is 0.478 e. The first-order chi connectivity index (χ1) is 9.80. The first-order valence-electron chi connectivity index (χ1n) is 5.33. The van der Waals surface area contributed by atoms with Crippen molar-refractivity contribution in [3.05, 3.63) is 23.8 Å². The van der Waals surface area contributed by atoms with Crippen LogP contribution < -0.4 is 9.44 Å². The van der Waals surface area contributed by atoms with Gasteiger partial charge in [0, 0.05) is 0 Å². The van der Waals surface area contributed by atoms with Crippen molar-refractivity contribution in [2.75, 3.05) is 11.8 Å². The van der Waals surface area contributed by atoms with Crippen LogP contribution in [0, 0.1) is 0 Å². The fraction of sp³-hybridized carbons (Fsp3) is 0.100. The van der Waals surface area contributed by atoms with E-state index in [0.717, 1.165) is 18.4 Å². The quantitative estimate of drug-likeness (QED) is 0.760. The lowest BCUT2D eigenvalue weighted by atomic mass is 10.2. The number of hydrogen-bond donors (Lipinski definition) is 3. The Morgan fingerprint density at radius 1 is 1.38 bits per heavy atom. The lowest BCUT2D eigenvalue weighted by Gasteiger charge is -2.04. The number of nitrogens with one attached hydrogen (secondary N) is 2. The van der Waals surface area contributed by atoms with Gasteiger partial charge in [-0.2, -0.15) is 8.42 Å². The summed E-state index contributed by atoms with van der Waals surface area (Å²) >= 11 is 0.934. The molecule has 1 amide bonds. The van der Waals surface area contributed by atoms with E-state index in [1.165, 1.54) is 18.2 Å². The predicted octanol–water partition coefficient (Wildman–Crippen LogP) is 1.01. The molecule has 0 aliphatic rings.